The van der Waals surface area contributed by atoms with Crippen LogP contribution in [0, 0.1) is 12.7 Å². The highest BCUT2D eigenvalue weighted by atomic mass is 19.1. The molecule has 0 bridgehead atoms. The van der Waals surface area contributed by atoms with Crippen LogP contribution in [-0.2, 0) is 12.8 Å². The molecule has 0 amide bonds. The van der Waals surface area contributed by atoms with Crippen molar-refractivity contribution >= 4 is 0 Å². The number of rotatable bonds is 6. The molecule has 146 valence electrons. The summed E-state index contributed by atoms with van der Waals surface area (Å²) in [5, 5.41) is 0. The van der Waals surface area contributed by atoms with Crippen LogP contribution in [0.1, 0.15) is 28.2 Å². The number of halogens is 1. The molecule has 0 N–H and O–H groups in total. The summed E-state index contributed by atoms with van der Waals surface area (Å²) in [6.45, 7) is 1.96. The van der Waals surface area contributed by atoms with E-state index in [0.717, 1.165) is 39.6 Å². The third-order valence-electron chi connectivity index (χ3n) is 4.76. The highest BCUT2D eigenvalue weighted by molar-refractivity contribution is 5.49. The minimum Gasteiger partial charge on any atom is -0.495 e. The first kappa shape index (κ1) is 18.9. The average molecular weight is 387 g/mol. The number of hydrogen-bond acceptors (Lipinski definition) is 3. The summed E-state index contributed by atoms with van der Waals surface area (Å²) in [6, 6.07) is 18.8. The van der Waals surface area contributed by atoms with E-state index in [2.05, 4.69) is 11.1 Å². The molecular formula is C24H22FN3O. The molecule has 2 aromatic heterocycles. The summed E-state index contributed by atoms with van der Waals surface area (Å²) in [5.74, 6) is 0.565. The molecule has 0 spiro atoms. The minimum atomic E-state index is -0.223. The van der Waals surface area contributed by atoms with Crippen molar-refractivity contribution in [3.05, 3.63) is 107 Å². The van der Waals surface area contributed by atoms with Crippen molar-refractivity contribution in [1.29, 1.82) is 0 Å². The second-order valence-corrected chi connectivity index (χ2v) is 7.03. The molecular weight excluding hydrogens is 365 g/mol. The van der Waals surface area contributed by atoms with Gasteiger partial charge in [-0.2, -0.15) is 0 Å². The maximum atomic E-state index is 13.4. The van der Waals surface area contributed by atoms with Gasteiger partial charge in [0, 0.05) is 30.4 Å². The SMILES string of the molecule is COc1cc(Cc2cccc(Cc3cccc(F)c3)n2)ccc1-n1cnc(C)c1. The van der Waals surface area contributed by atoms with E-state index in [0.29, 0.717) is 12.8 Å². The van der Waals surface area contributed by atoms with E-state index in [1.807, 2.05) is 54.1 Å². The Morgan fingerprint density at radius 1 is 0.931 bits per heavy atom. The predicted molar refractivity (Wildman–Crippen MR) is 111 cm³/mol. The topological polar surface area (TPSA) is 39.9 Å². The Labute approximate surface area is 169 Å². The Hall–Kier alpha value is -3.47. The number of benzene rings is 2. The molecule has 0 aliphatic rings. The van der Waals surface area contributed by atoms with Crippen LogP contribution in [0.3, 0.4) is 0 Å². The Bertz CT molecular complexity index is 1140. The van der Waals surface area contributed by atoms with Gasteiger partial charge in [-0.15, -0.1) is 0 Å². The summed E-state index contributed by atoms with van der Waals surface area (Å²) < 4.78 is 21.0. The normalized spacial score (nSPS) is 10.9. The molecule has 0 aliphatic heterocycles. The largest absolute Gasteiger partial charge is 0.495 e. The quantitative estimate of drug-likeness (QED) is 0.472. The molecule has 2 aromatic carbocycles. The maximum Gasteiger partial charge on any atom is 0.143 e. The molecule has 4 aromatic rings. The van der Waals surface area contributed by atoms with Crippen LogP contribution in [0.25, 0.3) is 5.69 Å². The summed E-state index contributed by atoms with van der Waals surface area (Å²) in [4.78, 5) is 9.04. The zero-order valence-corrected chi connectivity index (χ0v) is 16.5. The van der Waals surface area contributed by atoms with Gasteiger partial charge in [0.15, 0.2) is 0 Å². The molecule has 0 saturated heterocycles. The van der Waals surface area contributed by atoms with Crippen molar-refractivity contribution in [2.75, 3.05) is 7.11 Å². The lowest BCUT2D eigenvalue weighted by Crippen LogP contribution is -2.00. The van der Waals surface area contributed by atoms with Crippen molar-refractivity contribution in [2.45, 2.75) is 19.8 Å². The molecule has 0 aliphatic carbocycles. The summed E-state index contributed by atoms with van der Waals surface area (Å²) in [5.41, 5.74) is 5.81. The van der Waals surface area contributed by atoms with Gasteiger partial charge in [0.2, 0.25) is 0 Å². The molecule has 0 radical (unpaired) electrons. The van der Waals surface area contributed by atoms with E-state index in [1.54, 1.807) is 25.6 Å². The van der Waals surface area contributed by atoms with E-state index >= 15 is 0 Å². The van der Waals surface area contributed by atoms with Gasteiger partial charge in [0.25, 0.3) is 0 Å². The Balaban J connectivity index is 1.54. The van der Waals surface area contributed by atoms with E-state index < -0.39 is 0 Å². The van der Waals surface area contributed by atoms with Gasteiger partial charge in [0.1, 0.15) is 11.6 Å². The molecule has 0 unspecified atom stereocenters. The Morgan fingerprint density at radius 2 is 1.66 bits per heavy atom. The lowest BCUT2D eigenvalue weighted by Gasteiger charge is -2.11. The van der Waals surface area contributed by atoms with Crippen molar-refractivity contribution in [2.24, 2.45) is 0 Å². The molecule has 0 fully saturated rings. The molecule has 4 rings (SSSR count). The van der Waals surface area contributed by atoms with Crippen LogP contribution >= 0.6 is 0 Å². The van der Waals surface area contributed by atoms with E-state index in [-0.39, 0.29) is 5.82 Å². The molecule has 0 atom stereocenters. The van der Waals surface area contributed by atoms with E-state index in [4.69, 9.17) is 9.72 Å². The lowest BCUT2D eigenvalue weighted by atomic mass is 10.1. The summed E-state index contributed by atoms with van der Waals surface area (Å²) >= 11 is 0. The fourth-order valence-corrected chi connectivity index (χ4v) is 3.39. The standard InChI is InChI=1S/C24H22FN3O/c1-17-15-28(16-26-17)23-10-9-19(14-24(23)29-2)13-22-8-4-7-21(27-22)12-18-5-3-6-20(25)11-18/h3-11,14-16H,12-13H2,1-2H3. The predicted octanol–water partition coefficient (Wildman–Crippen LogP) is 4.91. The fourth-order valence-electron chi connectivity index (χ4n) is 3.39. The first-order chi connectivity index (χ1) is 14.1. The van der Waals surface area contributed by atoms with Gasteiger partial charge in [-0.25, -0.2) is 9.37 Å². The Morgan fingerprint density at radius 3 is 2.31 bits per heavy atom. The average Bonchev–Trinajstić information content (AvgIpc) is 3.14. The van der Waals surface area contributed by atoms with Crippen LogP contribution in [-0.4, -0.2) is 21.6 Å². The number of hydrogen-bond donors (Lipinski definition) is 0. The molecule has 29 heavy (non-hydrogen) atoms. The Kier molecular flexibility index (Phi) is 5.38. The first-order valence-electron chi connectivity index (χ1n) is 9.48. The zero-order valence-electron chi connectivity index (χ0n) is 16.5. The number of aryl methyl sites for hydroxylation is 1. The minimum absolute atomic E-state index is 0.223. The summed E-state index contributed by atoms with van der Waals surface area (Å²) in [6.07, 6.45) is 5.05. The second-order valence-electron chi connectivity index (χ2n) is 7.03. The van der Waals surface area contributed by atoms with Crippen LogP contribution in [0.15, 0.2) is 73.2 Å². The molecule has 4 nitrogen and oxygen atoms in total. The third kappa shape index (κ3) is 4.51. The van der Waals surface area contributed by atoms with E-state index in [1.165, 1.54) is 6.07 Å². The highest BCUT2D eigenvalue weighted by Gasteiger charge is 2.09. The van der Waals surface area contributed by atoms with Crippen molar-refractivity contribution in [3.8, 4) is 11.4 Å². The first-order valence-corrected chi connectivity index (χ1v) is 9.48. The molecule has 5 heteroatoms. The van der Waals surface area contributed by atoms with Crippen LogP contribution in [0.4, 0.5) is 4.39 Å². The number of ether oxygens (including phenoxy) is 1. The van der Waals surface area contributed by atoms with Crippen molar-refractivity contribution < 1.29 is 9.13 Å². The highest BCUT2D eigenvalue weighted by Crippen LogP contribution is 2.25. The van der Waals surface area contributed by atoms with Gasteiger partial charge >= 0.3 is 0 Å². The van der Waals surface area contributed by atoms with Crippen LogP contribution in [0.5, 0.6) is 5.75 Å². The second kappa shape index (κ2) is 8.27. The number of methoxy groups -OCH3 is 1. The number of imidazole rings is 1. The van der Waals surface area contributed by atoms with Crippen molar-refractivity contribution in [1.82, 2.24) is 14.5 Å². The third-order valence-corrected chi connectivity index (χ3v) is 4.76. The number of nitrogens with zero attached hydrogens (tertiary/aromatic N) is 3. The van der Waals surface area contributed by atoms with Crippen LogP contribution in [0.2, 0.25) is 0 Å². The lowest BCUT2D eigenvalue weighted by molar-refractivity contribution is 0.412. The zero-order chi connectivity index (χ0) is 20.2. The monoisotopic (exact) mass is 387 g/mol. The fraction of sp³-hybridized carbons (Fsp3) is 0.167. The maximum absolute atomic E-state index is 13.4. The van der Waals surface area contributed by atoms with Gasteiger partial charge in [-0.1, -0.05) is 24.3 Å². The number of pyridine rings is 1. The van der Waals surface area contributed by atoms with E-state index in [9.17, 15) is 4.39 Å². The molecule has 0 saturated carbocycles. The number of aromatic nitrogens is 3. The van der Waals surface area contributed by atoms with Gasteiger partial charge < -0.3 is 9.30 Å². The van der Waals surface area contributed by atoms with Gasteiger partial charge in [-0.05, 0) is 54.4 Å². The van der Waals surface area contributed by atoms with Gasteiger partial charge in [-0.3, -0.25) is 4.98 Å². The smallest absolute Gasteiger partial charge is 0.143 e. The summed E-state index contributed by atoms with van der Waals surface area (Å²) in [7, 11) is 1.67. The van der Waals surface area contributed by atoms with Gasteiger partial charge in [0.05, 0.1) is 24.8 Å². The molecule has 2 heterocycles. The van der Waals surface area contributed by atoms with Crippen molar-refractivity contribution in [3.63, 3.8) is 0 Å². The van der Waals surface area contributed by atoms with Crippen LogP contribution < -0.4 is 4.74 Å².